The number of nitrogens with zero attached hydrogens (tertiary/aromatic N) is 3. The molecule has 0 spiro atoms. The van der Waals surface area contributed by atoms with Crippen molar-refractivity contribution < 1.29 is 14.3 Å². The van der Waals surface area contributed by atoms with Crippen LogP contribution in [0.5, 0.6) is 0 Å². The Labute approximate surface area is 265 Å². The Balaban J connectivity index is 1.48. The van der Waals surface area contributed by atoms with E-state index >= 15 is 0 Å². The molecule has 2 aliphatic heterocycles. The SMILES string of the molecule is CCOC(=O)C1=C(c2ccccc2)N=c2s/c(=C3/C(=O)N(Cc4ccc(Cl)cc4)c4ccccc43)c(=O)n2[C@H]1c1cccs1. The number of aromatic nitrogens is 1. The summed E-state index contributed by atoms with van der Waals surface area (Å²) in [5.74, 6) is -0.810. The zero-order valence-electron chi connectivity index (χ0n) is 23.4. The Kier molecular flexibility index (Phi) is 7.37. The monoisotopic (exact) mass is 637 g/mol. The van der Waals surface area contributed by atoms with E-state index in [1.165, 1.54) is 15.9 Å². The number of amides is 1. The average molecular weight is 638 g/mol. The predicted molar refractivity (Wildman–Crippen MR) is 173 cm³/mol. The molecule has 0 aliphatic carbocycles. The molecule has 2 aromatic heterocycles. The van der Waals surface area contributed by atoms with Gasteiger partial charge in [-0.3, -0.25) is 14.2 Å². The van der Waals surface area contributed by atoms with E-state index in [2.05, 4.69) is 0 Å². The molecule has 2 aliphatic rings. The third-order valence-corrected chi connectivity index (χ3v) is 9.80. The molecule has 0 saturated heterocycles. The standard InChI is InChI=1S/C34H24ClN3O4S2/c1-2-42-33(41)27-28(21-9-4-3-5-10-21)36-34-38(29(27)25-13-8-18-43-25)32(40)30(44-34)26-23-11-6-7-12-24(23)37(31(26)39)19-20-14-16-22(35)17-15-20/h3-18,29H,2,19H2,1H3/b30-26+/t29-/m0/s1. The first-order valence-electron chi connectivity index (χ1n) is 14.0. The molecule has 218 valence electrons. The molecule has 44 heavy (non-hydrogen) atoms. The molecule has 0 bridgehead atoms. The van der Waals surface area contributed by atoms with Gasteiger partial charge in [-0.2, -0.15) is 0 Å². The van der Waals surface area contributed by atoms with E-state index < -0.39 is 12.0 Å². The second-order valence-corrected chi connectivity index (χ2v) is 12.6. The smallest absolute Gasteiger partial charge is 0.338 e. The highest BCUT2D eigenvalue weighted by Crippen LogP contribution is 2.38. The largest absolute Gasteiger partial charge is 0.463 e. The van der Waals surface area contributed by atoms with Crippen LogP contribution in [0.4, 0.5) is 5.69 Å². The molecule has 7 nitrogen and oxygen atoms in total. The summed E-state index contributed by atoms with van der Waals surface area (Å²) in [7, 11) is 0. The second kappa shape index (κ2) is 11.5. The van der Waals surface area contributed by atoms with Gasteiger partial charge in [-0.1, -0.05) is 89.7 Å². The van der Waals surface area contributed by atoms with E-state index in [4.69, 9.17) is 21.3 Å². The third-order valence-electron chi connectivity index (χ3n) is 7.57. The van der Waals surface area contributed by atoms with E-state index in [1.807, 2.05) is 84.2 Å². The summed E-state index contributed by atoms with van der Waals surface area (Å²) in [5, 5.41) is 2.52. The summed E-state index contributed by atoms with van der Waals surface area (Å²) in [6.45, 7) is 2.24. The number of thiazole rings is 1. The lowest BCUT2D eigenvalue weighted by molar-refractivity contribution is -0.138. The molecule has 0 unspecified atom stereocenters. The molecule has 0 saturated carbocycles. The number of esters is 1. The lowest BCUT2D eigenvalue weighted by Crippen LogP contribution is -2.40. The minimum atomic E-state index is -0.772. The molecule has 7 rings (SSSR count). The summed E-state index contributed by atoms with van der Waals surface area (Å²) in [6, 6.07) is 27.2. The molecule has 0 N–H and O–H groups in total. The van der Waals surface area contributed by atoms with E-state index in [1.54, 1.807) is 24.0 Å². The molecule has 4 heterocycles. The Bertz CT molecular complexity index is 2130. The first kappa shape index (κ1) is 28.2. The van der Waals surface area contributed by atoms with Gasteiger partial charge < -0.3 is 9.64 Å². The summed E-state index contributed by atoms with van der Waals surface area (Å²) < 4.78 is 7.34. The third kappa shape index (κ3) is 4.73. The number of ether oxygens (including phenoxy) is 1. The molecular weight excluding hydrogens is 614 g/mol. The van der Waals surface area contributed by atoms with Crippen LogP contribution in [-0.2, 0) is 20.9 Å². The molecule has 1 amide bonds. The zero-order valence-corrected chi connectivity index (χ0v) is 25.8. The number of carbonyl (C=O) groups is 2. The maximum absolute atomic E-state index is 14.5. The van der Waals surface area contributed by atoms with Gasteiger partial charge in [0.25, 0.3) is 11.5 Å². The lowest BCUT2D eigenvalue weighted by Gasteiger charge is -2.24. The fourth-order valence-corrected chi connectivity index (χ4v) is 7.68. The van der Waals surface area contributed by atoms with Gasteiger partial charge in [-0.25, -0.2) is 9.79 Å². The highest BCUT2D eigenvalue weighted by atomic mass is 35.5. The number of hydrogen-bond donors (Lipinski definition) is 0. The average Bonchev–Trinajstić information content (AvgIpc) is 3.75. The lowest BCUT2D eigenvalue weighted by atomic mass is 9.97. The molecule has 5 aromatic rings. The normalized spacial score (nSPS) is 16.9. The number of carbonyl (C=O) groups excluding carboxylic acids is 2. The summed E-state index contributed by atoms with van der Waals surface area (Å²) in [5.41, 5.74) is 3.71. The summed E-state index contributed by atoms with van der Waals surface area (Å²) in [6.07, 6.45) is 0. The number of thiophene rings is 1. The van der Waals surface area contributed by atoms with Gasteiger partial charge in [0.05, 0.1) is 35.7 Å². The number of halogens is 1. The van der Waals surface area contributed by atoms with Crippen molar-refractivity contribution in [1.29, 1.82) is 0 Å². The number of rotatable bonds is 6. The number of benzene rings is 3. The maximum Gasteiger partial charge on any atom is 0.338 e. The number of anilines is 1. The van der Waals surface area contributed by atoms with Gasteiger partial charge in [0.2, 0.25) is 0 Å². The predicted octanol–water partition coefficient (Wildman–Crippen LogP) is 5.57. The Morgan fingerprint density at radius 2 is 1.70 bits per heavy atom. The minimum Gasteiger partial charge on any atom is -0.463 e. The van der Waals surface area contributed by atoms with Gasteiger partial charge >= 0.3 is 5.97 Å². The number of hydrogen-bond acceptors (Lipinski definition) is 7. The van der Waals surface area contributed by atoms with E-state index in [-0.39, 0.29) is 28.2 Å². The molecular formula is C34H24ClN3O4S2. The van der Waals surface area contributed by atoms with Crippen LogP contribution >= 0.6 is 34.3 Å². The first-order chi connectivity index (χ1) is 21.5. The van der Waals surface area contributed by atoms with Crippen LogP contribution in [0.15, 0.2) is 112 Å². The molecule has 0 fully saturated rings. The molecule has 1 atom stereocenters. The van der Waals surface area contributed by atoms with Crippen molar-refractivity contribution in [3.63, 3.8) is 0 Å². The topological polar surface area (TPSA) is 81.0 Å². The van der Waals surface area contributed by atoms with E-state index in [9.17, 15) is 14.4 Å². The van der Waals surface area contributed by atoms with Crippen molar-refractivity contribution in [2.45, 2.75) is 19.5 Å². The maximum atomic E-state index is 14.5. The Morgan fingerprint density at radius 1 is 0.955 bits per heavy atom. The number of para-hydroxylation sites is 1. The van der Waals surface area contributed by atoms with Gasteiger partial charge in [0, 0.05) is 21.0 Å². The molecule has 0 radical (unpaired) electrons. The van der Waals surface area contributed by atoms with E-state index in [0.717, 1.165) is 33.0 Å². The summed E-state index contributed by atoms with van der Waals surface area (Å²) in [4.78, 5) is 50.0. The fourth-order valence-electron chi connectivity index (χ4n) is 5.64. The molecule has 3 aromatic carbocycles. The van der Waals surface area contributed by atoms with E-state index in [0.29, 0.717) is 33.2 Å². The Hall–Kier alpha value is -4.57. The van der Waals surface area contributed by atoms with Crippen LogP contribution in [0.1, 0.15) is 34.5 Å². The highest BCUT2D eigenvalue weighted by Gasteiger charge is 2.38. The van der Waals surface area contributed by atoms with Crippen molar-refractivity contribution in [2.24, 2.45) is 4.99 Å². The highest BCUT2D eigenvalue weighted by molar-refractivity contribution is 7.10. The van der Waals surface area contributed by atoms with Crippen molar-refractivity contribution in [2.75, 3.05) is 11.5 Å². The van der Waals surface area contributed by atoms with Crippen molar-refractivity contribution >= 4 is 63.1 Å². The van der Waals surface area contributed by atoms with Crippen molar-refractivity contribution in [1.82, 2.24) is 4.57 Å². The van der Waals surface area contributed by atoms with Gasteiger partial charge in [0.15, 0.2) is 4.80 Å². The fraction of sp³-hybridized carbons (Fsp3) is 0.118. The quantitative estimate of drug-likeness (QED) is 0.228. The van der Waals surface area contributed by atoms with Crippen LogP contribution in [0.25, 0.3) is 11.3 Å². The first-order valence-corrected chi connectivity index (χ1v) is 16.0. The van der Waals surface area contributed by atoms with Crippen molar-refractivity contribution in [3.05, 3.63) is 148 Å². The van der Waals surface area contributed by atoms with Crippen LogP contribution in [-0.4, -0.2) is 23.1 Å². The van der Waals surface area contributed by atoms with Crippen molar-refractivity contribution in [3.8, 4) is 0 Å². The second-order valence-electron chi connectivity index (χ2n) is 10.2. The van der Waals surface area contributed by atoms with Crippen LogP contribution in [0, 0.1) is 0 Å². The van der Waals surface area contributed by atoms with Crippen LogP contribution in [0.2, 0.25) is 5.02 Å². The minimum absolute atomic E-state index is 0.172. The molecule has 10 heteroatoms. The van der Waals surface area contributed by atoms with Gasteiger partial charge in [-0.15, -0.1) is 11.3 Å². The van der Waals surface area contributed by atoms with Crippen LogP contribution in [0.3, 0.4) is 0 Å². The van der Waals surface area contributed by atoms with Gasteiger partial charge in [-0.05, 0) is 42.1 Å². The van der Waals surface area contributed by atoms with Gasteiger partial charge in [0.1, 0.15) is 10.6 Å². The number of fused-ring (bicyclic) bond motifs is 2. The van der Waals surface area contributed by atoms with Crippen LogP contribution < -0.4 is 19.8 Å². The summed E-state index contributed by atoms with van der Waals surface area (Å²) >= 11 is 8.70. The zero-order chi connectivity index (χ0) is 30.4. The Morgan fingerprint density at radius 3 is 2.43 bits per heavy atom.